The SMILES string of the molecule is C[C](C)CN1C(=O)C(c2ccc(F)cc2)N=C(c2cccs2)c2cccnc21. The van der Waals surface area contributed by atoms with Gasteiger partial charge in [-0.25, -0.2) is 9.37 Å². The molecule has 0 saturated carbocycles. The summed E-state index contributed by atoms with van der Waals surface area (Å²) in [5.74, 6) is 1.18. The van der Waals surface area contributed by atoms with E-state index >= 15 is 0 Å². The lowest BCUT2D eigenvalue weighted by Crippen LogP contribution is -2.37. The minimum atomic E-state index is -0.758. The molecule has 0 spiro atoms. The summed E-state index contributed by atoms with van der Waals surface area (Å²) in [4.78, 5) is 25.6. The summed E-state index contributed by atoms with van der Waals surface area (Å²) >= 11 is 1.56. The van der Waals surface area contributed by atoms with E-state index in [1.165, 1.54) is 12.1 Å². The van der Waals surface area contributed by atoms with Gasteiger partial charge in [0, 0.05) is 18.3 Å². The summed E-state index contributed by atoms with van der Waals surface area (Å²) in [7, 11) is 0. The van der Waals surface area contributed by atoms with Crippen molar-refractivity contribution in [3.05, 3.63) is 87.8 Å². The first-order chi connectivity index (χ1) is 13.5. The second kappa shape index (κ2) is 7.64. The van der Waals surface area contributed by atoms with E-state index in [0.29, 0.717) is 17.9 Å². The molecule has 3 heterocycles. The first-order valence-electron chi connectivity index (χ1n) is 8.97. The Balaban J connectivity index is 1.93. The van der Waals surface area contributed by atoms with E-state index in [-0.39, 0.29) is 11.7 Å². The highest BCUT2D eigenvalue weighted by molar-refractivity contribution is 7.12. The lowest BCUT2D eigenvalue weighted by Gasteiger charge is -2.25. The predicted molar refractivity (Wildman–Crippen MR) is 110 cm³/mol. The van der Waals surface area contributed by atoms with E-state index in [2.05, 4.69) is 4.98 Å². The summed E-state index contributed by atoms with van der Waals surface area (Å²) in [5, 5.41) is 1.98. The molecule has 0 bridgehead atoms. The number of aliphatic imine (C=N–C) groups is 1. The molecule has 0 saturated heterocycles. The Bertz CT molecular complexity index is 1010. The van der Waals surface area contributed by atoms with Crippen LogP contribution in [0.2, 0.25) is 0 Å². The molecule has 0 fully saturated rings. The molecule has 1 unspecified atom stereocenters. The van der Waals surface area contributed by atoms with E-state index in [0.717, 1.165) is 22.1 Å². The van der Waals surface area contributed by atoms with Crippen molar-refractivity contribution < 1.29 is 9.18 Å². The number of hydrogen-bond acceptors (Lipinski definition) is 4. The van der Waals surface area contributed by atoms with Crippen molar-refractivity contribution in [2.45, 2.75) is 19.9 Å². The maximum Gasteiger partial charge on any atom is 0.257 e. The molecular formula is C22H19FN3OS. The van der Waals surface area contributed by atoms with Gasteiger partial charge in [0.05, 0.1) is 10.6 Å². The fourth-order valence-electron chi connectivity index (χ4n) is 3.24. The van der Waals surface area contributed by atoms with Gasteiger partial charge in [0.2, 0.25) is 0 Å². The number of amides is 1. The van der Waals surface area contributed by atoms with Crippen molar-refractivity contribution >= 4 is 28.8 Å². The molecule has 0 aliphatic carbocycles. The Hall–Kier alpha value is -2.86. The van der Waals surface area contributed by atoms with Crippen molar-refractivity contribution in [3.8, 4) is 0 Å². The number of hydrogen-bond donors (Lipinski definition) is 0. The van der Waals surface area contributed by atoms with Gasteiger partial charge in [-0.15, -0.1) is 11.3 Å². The molecule has 0 N–H and O–H groups in total. The molecular weight excluding hydrogens is 373 g/mol. The van der Waals surface area contributed by atoms with Crippen molar-refractivity contribution in [1.29, 1.82) is 0 Å². The lowest BCUT2D eigenvalue weighted by atomic mass is 10.1. The first kappa shape index (κ1) is 18.5. The smallest absolute Gasteiger partial charge is 0.257 e. The molecule has 28 heavy (non-hydrogen) atoms. The third-order valence-corrected chi connectivity index (χ3v) is 5.35. The van der Waals surface area contributed by atoms with Gasteiger partial charge in [0.1, 0.15) is 11.6 Å². The third-order valence-electron chi connectivity index (χ3n) is 4.47. The van der Waals surface area contributed by atoms with Gasteiger partial charge in [-0.2, -0.15) is 0 Å². The first-order valence-corrected chi connectivity index (χ1v) is 9.85. The molecule has 4 rings (SSSR count). The number of fused-ring (bicyclic) bond motifs is 1. The van der Waals surface area contributed by atoms with Crippen LogP contribution in [0.3, 0.4) is 0 Å². The molecule has 2 aromatic heterocycles. The monoisotopic (exact) mass is 392 g/mol. The summed E-state index contributed by atoms with van der Waals surface area (Å²) < 4.78 is 13.5. The van der Waals surface area contributed by atoms with Crippen LogP contribution in [-0.2, 0) is 4.79 Å². The maximum atomic E-state index is 13.5. The third kappa shape index (κ3) is 3.47. The van der Waals surface area contributed by atoms with E-state index < -0.39 is 6.04 Å². The summed E-state index contributed by atoms with van der Waals surface area (Å²) in [6.45, 7) is 4.41. The quantitative estimate of drug-likeness (QED) is 0.639. The van der Waals surface area contributed by atoms with Crippen molar-refractivity contribution in [1.82, 2.24) is 4.98 Å². The van der Waals surface area contributed by atoms with Gasteiger partial charge in [0.15, 0.2) is 6.04 Å². The largest absolute Gasteiger partial charge is 0.294 e. The summed E-state index contributed by atoms with van der Waals surface area (Å²) in [6, 6.07) is 13.0. The molecule has 1 aliphatic rings. The topological polar surface area (TPSA) is 45.6 Å². The second-order valence-corrected chi connectivity index (χ2v) is 7.86. The van der Waals surface area contributed by atoms with Crippen LogP contribution in [-0.4, -0.2) is 23.1 Å². The fourth-order valence-corrected chi connectivity index (χ4v) is 3.98. The Morgan fingerprint density at radius 1 is 1.14 bits per heavy atom. The molecule has 6 heteroatoms. The van der Waals surface area contributed by atoms with Crippen LogP contribution in [0.25, 0.3) is 0 Å². The number of nitrogens with zero attached hydrogens (tertiary/aromatic N) is 3. The molecule has 1 amide bonds. The van der Waals surface area contributed by atoms with Gasteiger partial charge in [-0.1, -0.05) is 32.0 Å². The molecule has 1 atom stereocenters. The van der Waals surface area contributed by atoms with E-state index in [4.69, 9.17) is 4.99 Å². The maximum absolute atomic E-state index is 13.5. The molecule has 1 radical (unpaired) electrons. The van der Waals surface area contributed by atoms with Gasteiger partial charge in [0.25, 0.3) is 5.91 Å². The summed E-state index contributed by atoms with van der Waals surface area (Å²) in [6.07, 6.45) is 1.69. The standard InChI is InChI=1S/C22H19FN3OS/c1-14(2)13-26-21-17(5-3-11-24-21)20(18-6-4-12-28-18)25-19(22(26)27)15-7-9-16(23)10-8-15/h3-12,19H,13H2,1-2H3. The zero-order chi connectivity index (χ0) is 19.7. The molecule has 141 valence electrons. The highest BCUT2D eigenvalue weighted by Gasteiger charge is 2.34. The number of aromatic nitrogens is 1. The van der Waals surface area contributed by atoms with Crippen LogP contribution in [0.4, 0.5) is 10.2 Å². The van der Waals surface area contributed by atoms with E-state index in [9.17, 15) is 9.18 Å². The Labute approximate surface area is 167 Å². The van der Waals surface area contributed by atoms with E-state index in [1.807, 2.05) is 43.5 Å². The average Bonchev–Trinajstić information content (AvgIpc) is 3.18. The predicted octanol–water partition coefficient (Wildman–Crippen LogP) is 4.82. The Morgan fingerprint density at radius 2 is 1.93 bits per heavy atom. The zero-order valence-electron chi connectivity index (χ0n) is 15.6. The van der Waals surface area contributed by atoms with Gasteiger partial charge < -0.3 is 0 Å². The van der Waals surface area contributed by atoms with Crippen molar-refractivity contribution in [2.75, 3.05) is 11.4 Å². The fraction of sp³-hybridized carbons (Fsp3) is 0.182. The number of rotatable bonds is 4. The molecule has 4 nitrogen and oxygen atoms in total. The molecule has 3 aromatic rings. The number of benzene rings is 1. The number of carbonyl (C=O) groups is 1. The lowest BCUT2D eigenvalue weighted by molar-refractivity contribution is -0.119. The van der Waals surface area contributed by atoms with Crippen LogP contribution in [0.1, 0.15) is 35.9 Å². The van der Waals surface area contributed by atoms with Crippen molar-refractivity contribution in [3.63, 3.8) is 0 Å². The van der Waals surface area contributed by atoms with Crippen LogP contribution in [0.15, 0.2) is 65.1 Å². The number of thiophene rings is 1. The summed E-state index contributed by atoms with van der Waals surface area (Å²) in [5.41, 5.74) is 2.22. The highest BCUT2D eigenvalue weighted by atomic mass is 32.1. The van der Waals surface area contributed by atoms with Crippen LogP contribution in [0.5, 0.6) is 0 Å². The van der Waals surface area contributed by atoms with Crippen LogP contribution < -0.4 is 4.90 Å². The zero-order valence-corrected chi connectivity index (χ0v) is 16.4. The minimum absolute atomic E-state index is 0.167. The van der Waals surface area contributed by atoms with Gasteiger partial charge in [-0.05, 0) is 47.2 Å². The average molecular weight is 392 g/mol. The van der Waals surface area contributed by atoms with Gasteiger partial charge >= 0.3 is 0 Å². The number of anilines is 1. The second-order valence-electron chi connectivity index (χ2n) is 6.92. The van der Waals surface area contributed by atoms with E-state index in [1.54, 1.807) is 34.6 Å². The Kier molecular flexibility index (Phi) is 5.05. The number of halogens is 1. The van der Waals surface area contributed by atoms with Gasteiger partial charge in [-0.3, -0.25) is 14.7 Å². The number of pyridine rings is 1. The van der Waals surface area contributed by atoms with Crippen LogP contribution in [0, 0.1) is 11.7 Å². The minimum Gasteiger partial charge on any atom is -0.294 e. The van der Waals surface area contributed by atoms with Crippen LogP contribution >= 0.6 is 11.3 Å². The van der Waals surface area contributed by atoms with Crippen molar-refractivity contribution in [2.24, 2.45) is 4.99 Å². The molecule has 1 aliphatic heterocycles. The Morgan fingerprint density at radius 3 is 2.61 bits per heavy atom. The number of carbonyl (C=O) groups excluding carboxylic acids is 1. The molecule has 1 aromatic carbocycles. The normalized spacial score (nSPS) is 16.7. The highest BCUT2D eigenvalue weighted by Crippen LogP contribution is 2.33.